The van der Waals surface area contributed by atoms with Crippen molar-refractivity contribution < 1.29 is 17.9 Å². The summed E-state index contributed by atoms with van der Waals surface area (Å²) in [6, 6.07) is 12.0. The lowest BCUT2D eigenvalue weighted by Gasteiger charge is -2.13. The van der Waals surface area contributed by atoms with E-state index in [0.717, 1.165) is 4.90 Å². The molecule has 0 aliphatic carbocycles. The van der Waals surface area contributed by atoms with Gasteiger partial charge in [0.2, 0.25) is 10.0 Å². The summed E-state index contributed by atoms with van der Waals surface area (Å²) in [6.45, 7) is 4.91. The normalized spacial score (nSPS) is 11.3. The highest BCUT2D eigenvalue weighted by Gasteiger charge is 2.17. The van der Waals surface area contributed by atoms with Gasteiger partial charge in [-0.1, -0.05) is 11.6 Å². The van der Waals surface area contributed by atoms with Crippen molar-refractivity contribution in [1.82, 2.24) is 4.72 Å². The van der Waals surface area contributed by atoms with Gasteiger partial charge in [0.1, 0.15) is 0 Å². The quantitative estimate of drug-likeness (QED) is 0.465. The van der Waals surface area contributed by atoms with Gasteiger partial charge >= 0.3 is 0 Å². The fourth-order valence-corrected chi connectivity index (χ4v) is 4.23. The van der Waals surface area contributed by atoms with Crippen molar-refractivity contribution in [2.24, 2.45) is 0 Å². The van der Waals surface area contributed by atoms with Crippen molar-refractivity contribution in [2.45, 2.75) is 23.6 Å². The van der Waals surface area contributed by atoms with E-state index in [9.17, 15) is 8.42 Å². The number of benzene rings is 2. The molecule has 2 aromatic carbocycles. The van der Waals surface area contributed by atoms with Crippen LogP contribution in [0, 0.1) is 0 Å². The maximum Gasteiger partial charge on any atom is 0.240 e. The van der Waals surface area contributed by atoms with E-state index in [1.165, 1.54) is 12.1 Å². The Kier molecular flexibility index (Phi) is 8.09. The van der Waals surface area contributed by atoms with Crippen molar-refractivity contribution in [2.75, 3.05) is 25.5 Å². The first-order valence-electron chi connectivity index (χ1n) is 8.24. The van der Waals surface area contributed by atoms with Gasteiger partial charge in [-0.25, -0.2) is 13.1 Å². The van der Waals surface area contributed by atoms with Gasteiger partial charge in [-0.05, 0) is 50.2 Å². The maximum absolute atomic E-state index is 12.5. The fourth-order valence-electron chi connectivity index (χ4n) is 2.16. The number of hydrogen-bond donors (Lipinski definition) is 1. The Morgan fingerprint density at radius 1 is 1.00 bits per heavy atom. The molecule has 0 aromatic heterocycles. The van der Waals surface area contributed by atoms with Gasteiger partial charge in [0.25, 0.3) is 0 Å². The number of hydrogen-bond acceptors (Lipinski definition) is 5. The molecular weight excluding hydrogens is 394 g/mol. The maximum atomic E-state index is 12.5. The molecule has 0 amide bonds. The Bertz CT molecular complexity index is 810. The van der Waals surface area contributed by atoms with Gasteiger partial charge in [0, 0.05) is 28.3 Å². The summed E-state index contributed by atoms with van der Waals surface area (Å²) >= 11 is 7.40. The number of rotatable bonds is 10. The fraction of sp³-hybridized carbons (Fsp3) is 0.333. The van der Waals surface area contributed by atoms with E-state index in [-0.39, 0.29) is 4.90 Å². The molecule has 0 bridgehead atoms. The Balaban J connectivity index is 1.97. The third-order valence-corrected chi connectivity index (χ3v) is 6.03. The topological polar surface area (TPSA) is 64.6 Å². The van der Waals surface area contributed by atoms with Crippen LogP contribution in [0.3, 0.4) is 0 Å². The molecule has 2 rings (SSSR count). The first kappa shape index (κ1) is 20.9. The van der Waals surface area contributed by atoms with Crippen molar-refractivity contribution in [3.8, 4) is 11.5 Å². The van der Waals surface area contributed by atoms with Crippen LogP contribution < -0.4 is 14.2 Å². The van der Waals surface area contributed by atoms with Gasteiger partial charge < -0.3 is 9.47 Å². The lowest BCUT2D eigenvalue weighted by molar-refractivity contribution is 0.287. The van der Waals surface area contributed by atoms with Crippen LogP contribution >= 0.6 is 23.4 Å². The Morgan fingerprint density at radius 3 is 2.31 bits per heavy atom. The molecule has 0 spiro atoms. The van der Waals surface area contributed by atoms with Crippen LogP contribution in [0.5, 0.6) is 11.5 Å². The van der Waals surface area contributed by atoms with Crippen molar-refractivity contribution in [3.05, 3.63) is 47.5 Å². The predicted molar refractivity (Wildman–Crippen MR) is 106 cm³/mol. The van der Waals surface area contributed by atoms with Crippen LogP contribution in [0.15, 0.2) is 52.3 Å². The van der Waals surface area contributed by atoms with Crippen molar-refractivity contribution in [1.29, 1.82) is 0 Å². The molecular formula is C18H22ClNO4S2. The molecule has 0 fully saturated rings. The van der Waals surface area contributed by atoms with Gasteiger partial charge in [-0.2, -0.15) is 0 Å². The van der Waals surface area contributed by atoms with E-state index in [1.807, 2.05) is 38.1 Å². The standard InChI is InChI=1S/C18H22ClNO4S2/c1-3-23-17-10-9-16(13-18(17)24-4-2)26(21,22)20-11-12-25-15-7-5-14(19)6-8-15/h5-10,13,20H,3-4,11-12H2,1-2H3. The summed E-state index contributed by atoms with van der Waals surface area (Å²) in [5.41, 5.74) is 0. The monoisotopic (exact) mass is 415 g/mol. The first-order valence-corrected chi connectivity index (χ1v) is 11.1. The Morgan fingerprint density at radius 2 is 1.65 bits per heavy atom. The van der Waals surface area contributed by atoms with E-state index in [4.69, 9.17) is 21.1 Å². The van der Waals surface area contributed by atoms with Gasteiger partial charge in [-0.15, -0.1) is 11.8 Å². The van der Waals surface area contributed by atoms with E-state index in [2.05, 4.69) is 4.72 Å². The van der Waals surface area contributed by atoms with Gasteiger partial charge in [0.05, 0.1) is 18.1 Å². The molecule has 5 nitrogen and oxygen atoms in total. The first-order chi connectivity index (χ1) is 12.5. The summed E-state index contributed by atoms with van der Waals surface area (Å²) in [7, 11) is -3.61. The minimum absolute atomic E-state index is 0.154. The summed E-state index contributed by atoms with van der Waals surface area (Å²) in [6.07, 6.45) is 0. The second-order valence-electron chi connectivity index (χ2n) is 5.17. The lowest BCUT2D eigenvalue weighted by atomic mass is 10.3. The molecule has 0 saturated heterocycles. The second-order valence-corrected chi connectivity index (χ2v) is 8.55. The molecule has 0 aliphatic rings. The van der Waals surface area contributed by atoms with Crippen molar-refractivity contribution in [3.63, 3.8) is 0 Å². The zero-order valence-corrected chi connectivity index (χ0v) is 17.1. The predicted octanol–water partition coefficient (Wildman–Crippen LogP) is 4.21. The summed E-state index contributed by atoms with van der Waals surface area (Å²) in [4.78, 5) is 1.19. The van der Waals surface area contributed by atoms with Gasteiger partial charge in [0.15, 0.2) is 11.5 Å². The highest BCUT2D eigenvalue weighted by atomic mass is 35.5. The van der Waals surface area contributed by atoms with Gasteiger partial charge in [-0.3, -0.25) is 0 Å². The minimum atomic E-state index is -3.61. The molecule has 142 valence electrons. The lowest BCUT2D eigenvalue weighted by Crippen LogP contribution is -2.26. The van der Waals surface area contributed by atoms with Crippen LogP contribution in [-0.4, -0.2) is 33.9 Å². The average molecular weight is 416 g/mol. The smallest absolute Gasteiger partial charge is 0.240 e. The van der Waals surface area contributed by atoms with Crippen LogP contribution in [-0.2, 0) is 10.0 Å². The number of thioether (sulfide) groups is 1. The molecule has 26 heavy (non-hydrogen) atoms. The molecule has 0 saturated carbocycles. The molecule has 1 N–H and O–H groups in total. The molecule has 8 heteroatoms. The van der Waals surface area contributed by atoms with E-state index in [0.29, 0.717) is 42.0 Å². The summed E-state index contributed by atoms with van der Waals surface area (Å²) < 4.78 is 38.5. The van der Waals surface area contributed by atoms with Crippen LogP contribution in [0.1, 0.15) is 13.8 Å². The molecule has 0 unspecified atom stereocenters. The van der Waals surface area contributed by atoms with Crippen LogP contribution in [0.4, 0.5) is 0 Å². The molecule has 0 radical (unpaired) electrons. The SMILES string of the molecule is CCOc1ccc(S(=O)(=O)NCCSc2ccc(Cl)cc2)cc1OCC. The minimum Gasteiger partial charge on any atom is -0.490 e. The van der Waals surface area contributed by atoms with E-state index < -0.39 is 10.0 Å². The largest absolute Gasteiger partial charge is 0.490 e. The molecule has 0 atom stereocenters. The van der Waals surface area contributed by atoms with Crippen LogP contribution in [0.25, 0.3) is 0 Å². The summed E-state index contributed by atoms with van der Waals surface area (Å²) in [5, 5.41) is 0.677. The number of sulfonamides is 1. The Labute approximate surface area is 164 Å². The second kappa shape index (κ2) is 10.1. The molecule has 0 heterocycles. The van der Waals surface area contributed by atoms with E-state index >= 15 is 0 Å². The highest BCUT2D eigenvalue weighted by Crippen LogP contribution is 2.30. The van der Waals surface area contributed by atoms with E-state index in [1.54, 1.807) is 17.8 Å². The third kappa shape index (κ3) is 6.09. The van der Waals surface area contributed by atoms with Crippen molar-refractivity contribution >= 4 is 33.4 Å². The highest BCUT2D eigenvalue weighted by molar-refractivity contribution is 7.99. The molecule has 2 aromatic rings. The van der Waals surface area contributed by atoms with Crippen LogP contribution in [0.2, 0.25) is 5.02 Å². The summed E-state index contributed by atoms with van der Waals surface area (Å²) in [5.74, 6) is 1.57. The zero-order chi connectivity index (χ0) is 19.0. The third-order valence-electron chi connectivity index (χ3n) is 3.30. The zero-order valence-electron chi connectivity index (χ0n) is 14.7. The number of halogens is 1. The Hall–Kier alpha value is -1.41. The average Bonchev–Trinajstić information content (AvgIpc) is 2.62. The number of nitrogens with one attached hydrogen (secondary N) is 1. The molecule has 0 aliphatic heterocycles. The number of ether oxygens (including phenoxy) is 2.